The molecule has 1 spiro atoms. The van der Waals surface area contributed by atoms with E-state index in [1.165, 1.54) is 0 Å². The zero-order valence-electron chi connectivity index (χ0n) is 20.3. The molecule has 0 bridgehead atoms. The number of ketones is 3. The van der Waals surface area contributed by atoms with Gasteiger partial charge in [0.05, 0.1) is 6.04 Å². The van der Waals surface area contributed by atoms with Crippen LogP contribution in [0.1, 0.15) is 48.1 Å². The van der Waals surface area contributed by atoms with Gasteiger partial charge in [0.15, 0.2) is 17.3 Å². The Balaban J connectivity index is 1.57. The van der Waals surface area contributed by atoms with Gasteiger partial charge >= 0.3 is 0 Å². The molecule has 0 radical (unpaired) electrons. The predicted molar refractivity (Wildman–Crippen MR) is 148 cm³/mol. The average molecular weight is 516 g/mol. The topological polar surface area (TPSA) is 54.5 Å². The molecule has 1 saturated heterocycles. The Morgan fingerprint density at radius 2 is 1.34 bits per heavy atom. The summed E-state index contributed by atoms with van der Waals surface area (Å²) >= 11 is 6.82. The van der Waals surface area contributed by atoms with Crippen LogP contribution < -0.4 is 4.90 Å². The number of hydrogen-bond acceptors (Lipinski definition) is 4. The van der Waals surface area contributed by atoms with Gasteiger partial charge in [0.25, 0.3) is 0 Å². The summed E-state index contributed by atoms with van der Waals surface area (Å²) in [5, 5.41) is 0.427. The van der Waals surface area contributed by atoms with Crippen molar-refractivity contribution in [2.75, 3.05) is 4.90 Å². The van der Waals surface area contributed by atoms with E-state index >= 15 is 0 Å². The zero-order chi connectivity index (χ0) is 26.0. The fraction of sp³-hybridized carbons (Fsp3) is 0.121. The lowest BCUT2D eigenvalue weighted by molar-refractivity contribution is 0.0666. The number of rotatable bonds is 3. The zero-order valence-corrected chi connectivity index (χ0v) is 21.0. The van der Waals surface area contributed by atoms with Gasteiger partial charge in [-0.05, 0) is 23.3 Å². The van der Waals surface area contributed by atoms with Crippen LogP contribution in [0.5, 0.6) is 0 Å². The van der Waals surface area contributed by atoms with Crippen molar-refractivity contribution in [2.24, 2.45) is 5.41 Å². The molecule has 1 aliphatic carbocycles. The van der Waals surface area contributed by atoms with Crippen LogP contribution in [-0.2, 0) is 0 Å². The van der Waals surface area contributed by atoms with Crippen LogP contribution in [0.3, 0.4) is 0 Å². The monoisotopic (exact) mass is 515 g/mol. The van der Waals surface area contributed by atoms with Gasteiger partial charge in [-0.1, -0.05) is 115 Å². The standard InChI is InChI=1S/C33H22ClNO3/c34-25-16-8-7-15-24(25)28-29(30(36)21-11-2-1-3-12-21)35-26-17-9-4-10-20(26)18-19-27(35)33(28)31(37)22-13-5-6-14-23(22)32(33)38/h1-19,27-29H/t27-,28-,29+/m1/s1. The van der Waals surface area contributed by atoms with E-state index in [-0.39, 0.29) is 17.3 Å². The van der Waals surface area contributed by atoms with Gasteiger partial charge < -0.3 is 4.90 Å². The van der Waals surface area contributed by atoms with E-state index in [0.29, 0.717) is 27.3 Å². The molecular formula is C33H22ClNO3. The van der Waals surface area contributed by atoms with Gasteiger partial charge in [-0.3, -0.25) is 14.4 Å². The van der Waals surface area contributed by atoms with Gasteiger partial charge in [0.1, 0.15) is 11.5 Å². The van der Waals surface area contributed by atoms with E-state index in [9.17, 15) is 14.4 Å². The van der Waals surface area contributed by atoms with Crippen molar-refractivity contribution in [1.29, 1.82) is 0 Å². The first-order valence-corrected chi connectivity index (χ1v) is 13.0. The Morgan fingerprint density at radius 1 is 0.737 bits per heavy atom. The lowest BCUT2D eigenvalue weighted by Crippen LogP contribution is -2.48. The van der Waals surface area contributed by atoms with Gasteiger partial charge in [-0.15, -0.1) is 0 Å². The Hall–Kier alpha value is -4.28. The van der Waals surface area contributed by atoms with E-state index in [1.54, 1.807) is 42.5 Å². The lowest BCUT2D eigenvalue weighted by Gasteiger charge is -2.37. The van der Waals surface area contributed by atoms with Crippen molar-refractivity contribution in [1.82, 2.24) is 0 Å². The molecule has 0 saturated carbocycles. The molecule has 7 rings (SSSR count). The second-order valence-electron chi connectivity index (χ2n) is 10.0. The highest BCUT2D eigenvalue weighted by Gasteiger charge is 2.71. The molecule has 0 aromatic heterocycles. The third kappa shape index (κ3) is 2.89. The molecule has 4 aromatic rings. The van der Waals surface area contributed by atoms with Crippen molar-refractivity contribution < 1.29 is 14.4 Å². The van der Waals surface area contributed by atoms with Gasteiger partial charge in [-0.2, -0.15) is 0 Å². The quantitative estimate of drug-likeness (QED) is 0.226. The summed E-state index contributed by atoms with van der Waals surface area (Å²) < 4.78 is 0. The fourth-order valence-electron chi connectivity index (χ4n) is 6.76. The maximum absolute atomic E-state index is 14.6. The van der Waals surface area contributed by atoms with Gasteiger partial charge in [0.2, 0.25) is 0 Å². The summed E-state index contributed by atoms with van der Waals surface area (Å²) in [5.41, 5.74) is 2.14. The van der Waals surface area contributed by atoms with Crippen LogP contribution >= 0.6 is 11.6 Å². The van der Waals surface area contributed by atoms with Crippen molar-refractivity contribution in [3.8, 4) is 0 Å². The summed E-state index contributed by atoms with van der Waals surface area (Å²) in [6.45, 7) is 0. The highest BCUT2D eigenvalue weighted by Crippen LogP contribution is 2.61. The van der Waals surface area contributed by atoms with Crippen LogP contribution in [-0.4, -0.2) is 29.4 Å². The molecule has 2 aliphatic heterocycles. The smallest absolute Gasteiger partial charge is 0.185 e. The SMILES string of the molecule is O=C(c1ccccc1)[C@@H]1[C@@H](c2ccccc2Cl)C2(C(=O)c3ccccc3C2=O)[C@H]2C=Cc3ccccc3N12. The third-order valence-electron chi connectivity index (χ3n) is 8.28. The molecule has 4 nitrogen and oxygen atoms in total. The Kier molecular flexibility index (Phi) is 5.04. The minimum absolute atomic E-state index is 0.154. The second kappa shape index (κ2) is 8.37. The Morgan fingerprint density at radius 3 is 2.05 bits per heavy atom. The second-order valence-corrected chi connectivity index (χ2v) is 10.4. The van der Waals surface area contributed by atoms with Gasteiger partial charge in [0, 0.05) is 33.3 Å². The molecule has 4 aromatic carbocycles. The molecule has 0 unspecified atom stereocenters. The number of para-hydroxylation sites is 1. The summed E-state index contributed by atoms with van der Waals surface area (Å²) in [4.78, 5) is 45.6. The summed E-state index contributed by atoms with van der Waals surface area (Å²) in [6, 6.07) is 29.6. The molecule has 1 fully saturated rings. The molecule has 3 aliphatic rings. The number of anilines is 1. The molecule has 38 heavy (non-hydrogen) atoms. The van der Waals surface area contributed by atoms with Crippen LogP contribution in [0, 0.1) is 5.41 Å². The first-order chi connectivity index (χ1) is 18.5. The lowest BCUT2D eigenvalue weighted by atomic mass is 9.64. The van der Waals surface area contributed by atoms with Crippen molar-refractivity contribution in [2.45, 2.75) is 18.0 Å². The largest absolute Gasteiger partial charge is 0.352 e. The maximum atomic E-state index is 14.6. The van der Waals surface area contributed by atoms with E-state index in [0.717, 1.165) is 11.3 Å². The molecule has 5 heteroatoms. The van der Waals surface area contributed by atoms with Crippen LogP contribution in [0.25, 0.3) is 6.08 Å². The Bertz CT molecular complexity index is 1640. The number of Topliss-reactive ketones (excluding diaryl/α,β-unsaturated/α-hetero) is 3. The minimum Gasteiger partial charge on any atom is -0.352 e. The summed E-state index contributed by atoms with van der Waals surface area (Å²) in [6.07, 6.45) is 3.88. The van der Waals surface area contributed by atoms with Gasteiger partial charge in [-0.25, -0.2) is 0 Å². The molecule has 0 N–H and O–H groups in total. The molecule has 184 valence electrons. The summed E-state index contributed by atoms with van der Waals surface area (Å²) in [7, 11) is 0. The van der Waals surface area contributed by atoms with E-state index < -0.39 is 23.4 Å². The molecule has 2 heterocycles. The Labute approximate surface area is 225 Å². The number of benzene rings is 4. The third-order valence-corrected chi connectivity index (χ3v) is 8.62. The van der Waals surface area contributed by atoms with Crippen molar-refractivity contribution in [3.63, 3.8) is 0 Å². The maximum Gasteiger partial charge on any atom is 0.185 e. The van der Waals surface area contributed by atoms with E-state index in [2.05, 4.69) is 0 Å². The summed E-state index contributed by atoms with van der Waals surface area (Å²) in [5.74, 6) is -1.48. The fourth-order valence-corrected chi connectivity index (χ4v) is 7.01. The first-order valence-electron chi connectivity index (χ1n) is 12.6. The molecule has 3 atom stereocenters. The number of hydrogen-bond donors (Lipinski definition) is 0. The highest BCUT2D eigenvalue weighted by molar-refractivity contribution is 6.34. The number of carbonyl (C=O) groups excluding carboxylic acids is 3. The predicted octanol–water partition coefficient (Wildman–Crippen LogP) is 6.66. The molecular weight excluding hydrogens is 494 g/mol. The van der Waals surface area contributed by atoms with E-state index in [4.69, 9.17) is 11.6 Å². The van der Waals surface area contributed by atoms with Crippen LogP contribution in [0.2, 0.25) is 5.02 Å². The number of carbonyl (C=O) groups is 3. The van der Waals surface area contributed by atoms with Crippen LogP contribution in [0.4, 0.5) is 5.69 Å². The number of halogens is 1. The average Bonchev–Trinajstić information content (AvgIpc) is 3.39. The van der Waals surface area contributed by atoms with E-state index in [1.807, 2.05) is 77.7 Å². The highest BCUT2D eigenvalue weighted by atomic mass is 35.5. The van der Waals surface area contributed by atoms with Crippen molar-refractivity contribution >= 4 is 40.7 Å². The minimum atomic E-state index is -1.55. The number of fused-ring (bicyclic) bond motifs is 5. The number of nitrogens with zero attached hydrogens (tertiary/aromatic N) is 1. The van der Waals surface area contributed by atoms with Crippen LogP contribution in [0.15, 0.2) is 109 Å². The molecule has 0 amide bonds. The first kappa shape index (κ1) is 22.9. The normalized spacial score (nSPS) is 22.3. The van der Waals surface area contributed by atoms with Crippen molar-refractivity contribution in [3.05, 3.63) is 142 Å².